The van der Waals surface area contributed by atoms with Gasteiger partial charge >= 0.3 is 0 Å². The number of nitrogens with zero attached hydrogens (tertiary/aromatic N) is 1. The van der Waals surface area contributed by atoms with Crippen molar-refractivity contribution in [3.05, 3.63) is 17.0 Å². The highest BCUT2D eigenvalue weighted by atomic mass is 16.5. The summed E-state index contributed by atoms with van der Waals surface area (Å²) in [5.74, 6) is 1.53. The number of rotatable bonds is 2. The smallest absolute Gasteiger partial charge is 0.143 e. The van der Waals surface area contributed by atoms with Crippen molar-refractivity contribution in [2.45, 2.75) is 59.3 Å². The van der Waals surface area contributed by atoms with Gasteiger partial charge in [-0.1, -0.05) is 39.8 Å². The van der Waals surface area contributed by atoms with E-state index in [1.54, 1.807) is 0 Å². The summed E-state index contributed by atoms with van der Waals surface area (Å²) in [5, 5.41) is 4.08. The average molecular weight is 195 g/mol. The van der Waals surface area contributed by atoms with Gasteiger partial charge in [-0.3, -0.25) is 0 Å². The van der Waals surface area contributed by atoms with E-state index in [1.165, 1.54) is 5.56 Å². The lowest BCUT2D eigenvalue weighted by Crippen LogP contribution is -2.15. The van der Waals surface area contributed by atoms with Crippen LogP contribution in [0.3, 0.4) is 0 Å². The molecule has 0 spiro atoms. The fourth-order valence-electron chi connectivity index (χ4n) is 1.82. The van der Waals surface area contributed by atoms with Gasteiger partial charge in [-0.25, -0.2) is 0 Å². The second kappa shape index (κ2) is 3.76. The molecule has 0 saturated carbocycles. The molecule has 80 valence electrons. The van der Waals surface area contributed by atoms with Crippen LogP contribution in [0.5, 0.6) is 0 Å². The lowest BCUT2D eigenvalue weighted by molar-refractivity contribution is 0.355. The highest BCUT2D eigenvalue weighted by molar-refractivity contribution is 5.31. The fourth-order valence-corrected chi connectivity index (χ4v) is 1.82. The Morgan fingerprint density at radius 3 is 2.36 bits per heavy atom. The predicted molar refractivity (Wildman–Crippen MR) is 58.6 cm³/mol. The molecule has 0 aliphatic carbocycles. The standard InChI is InChI=1S/C12H21NO/c1-7-8(2)11-10(12(4,5)6)9(3)13-14-11/h8H,7H2,1-6H3. The lowest BCUT2D eigenvalue weighted by Gasteiger charge is -2.20. The summed E-state index contributed by atoms with van der Waals surface area (Å²) >= 11 is 0. The van der Waals surface area contributed by atoms with Gasteiger partial charge in [0.15, 0.2) is 0 Å². The van der Waals surface area contributed by atoms with Crippen LogP contribution in [-0.2, 0) is 5.41 Å². The molecule has 1 unspecified atom stereocenters. The first-order valence-corrected chi connectivity index (χ1v) is 5.34. The van der Waals surface area contributed by atoms with Gasteiger partial charge in [-0.05, 0) is 18.8 Å². The molecule has 14 heavy (non-hydrogen) atoms. The van der Waals surface area contributed by atoms with E-state index >= 15 is 0 Å². The average Bonchev–Trinajstić information content (AvgIpc) is 2.44. The molecule has 0 N–H and O–H groups in total. The van der Waals surface area contributed by atoms with Crippen molar-refractivity contribution in [3.8, 4) is 0 Å². The van der Waals surface area contributed by atoms with Crippen molar-refractivity contribution in [2.75, 3.05) is 0 Å². The quantitative estimate of drug-likeness (QED) is 0.717. The first-order valence-electron chi connectivity index (χ1n) is 5.34. The van der Waals surface area contributed by atoms with Crippen molar-refractivity contribution < 1.29 is 4.52 Å². The van der Waals surface area contributed by atoms with Crippen LogP contribution in [0.1, 0.15) is 64.0 Å². The molecular weight excluding hydrogens is 174 g/mol. The molecule has 1 atom stereocenters. The molecule has 1 heterocycles. The lowest BCUT2D eigenvalue weighted by atomic mass is 9.82. The third kappa shape index (κ3) is 1.99. The molecule has 0 fully saturated rings. The summed E-state index contributed by atoms with van der Waals surface area (Å²) in [6, 6.07) is 0. The van der Waals surface area contributed by atoms with Gasteiger partial charge in [0, 0.05) is 11.5 Å². The summed E-state index contributed by atoms with van der Waals surface area (Å²) in [5.41, 5.74) is 2.45. The molecule has 0 radical (unpaired) electrons. The van der Waals surface area contributed by atoms with Gasteiger partial charge in [-0.2, -0.15) is 0 Å². The molecule has 1 rings (SSSR count). The number of hydrogen-bond acceptors (Lipinski definition) is 2. The van der Waals surface area contributed by atoms with Crippen molar-refractivity contribution >= 4 is 0 Å². The Morgan fingerprint density at radius 1 is 1.36 bits per heavy atom. The topological polar surface area (TPSA) is 26.0 Å². The van der Waals surface area contributed by atoms with E-state index in [1.807, 2.05) is 6.92 Å². The molecule has 1 aromatic heterocycles. The van der Waals surface area contributed by atoms with Crippen molar-refractivity contribution in [3.63, 3.8) is 0 Å². The normalized spacial score (nSPS) is 14.4. The molecule has 0 aromatic carbocycles. The summed E-state index contributed by atoms with van der Waals surface area (Å²) < 4.78 is 5.42. The maximum absolute atomic E-state index is 5.42. The van der Waals surface area contributed by atoms with Crippen LogP contribution >= 0.6 is 0 Å². The van der Waals surface area contributed by atoms with Crippen LogP contribution in [0.25, 0.3) is 0 Å². The monoisotopic (exact) mass is 195 g/mol. The van der Waals surface area contributed by atoms with Crippen LogP contribution in [0.15, 0.2) is 4.52 Å². The van der Waals surface area contributed by atoms with E-state index in [0.717, 1.165) is 17.9 Å². The fraction of sp³-hybridized carbons (Fsp3) is 0.750. The minimum Gasteiger partial charge on any atom is -0.361 e. The number of hydrogen-bond donors (Lipinski definition) is 0. The van der Waals surface area contributed by atoms with Crippen LogP contribution in [0.4, 0.5) is 0 Å². The molecule has 1 aromatic rings. The zero-order valence-electron chi connectivity index (χ0n) is 10.1. The van der Waals surface area contributed by atoms with Gasteiger partial charge in [0.05, 0.1) is 5.69 Å². The van der Waals surface area contributed by atoms with E-state index in [0.29, 0.717) is 5.92 Å². The highest BCUT2D eigenvalue weighted by Crippen LogP contribution is 2.34. The summed E-state index contributed by atoms with van der Waals surface area (Å²) in [6.45, 7) is 13.0. The first-order chi connectivity index (χ1) is 6.38. The third-order valence-corrected chi connectivity index (χ3v) is 2.70. The number of aromatic nitrogens is 1. The first kappa shape index (κ1) is 11.3. The van der Waals surface area contributed by atoms with Crippen molar-refractivity contribution in [2.24, 2.45) is 0 Å². The zero-order chi connectivity index (χ0) is 10.9. The number of aryl methyl sites for hydroxylation is 1. The largest absolute Gasteiger partial charge is 0.361 e. The molecule has 0 bridgehead atoms. The Hall–Kier alpha value is -0.790. The Kier molecular flexibility index (Phi) is 3.03. The van der Waals surface area contributed by atoms with E-state index in [9.17, 15) is 0 Å². The van der Waals surface area contributed by atoms with Gasteiger partial charge in [0.25, 0.3) is 0 Å². The predicted octanol–water partition coefficient (Wildman–Crippen LogP) is 3.79. The van der Waals surface area contributed by atoms with Gasteiger partial charge < -0.3 is 4.52 Å². The molecular formula is C12H21NO. The summed E-state index contributed by atoms with van der Waals surface area (Å²) in [6.07, 6.45) is 1.09. The SMILES string of the molecule is CCC(C)c1onc(C)c1C(C)(C)C. The minimum absolute atomic E-state index is 0.128. The van der Waals surface area contributed by atoms with Crippen molar-refractivity contribution in [1.29, 1.82) is 0 Å². The Morgan fingerprint density at radius 2 is 1.93 bits per heavy atom. The highest BCUT2D eigenvalue weighted by Gasteiger charge is 2.27. The van der Waals surface area contributed by atoms with E-state index in [-0.39, 0.29) is 5.41 Å². The van der Waals surface area contributed by atoms with Gasteiger partial charge in [-0.15, -0.1) is 0 Å². The van der Waals surface area contributed by atoms with E-state index < -0.39 is 0 Å². The van der Waals surface area contributed by atoms with E-state index in [2.05, 4.69) is 39.8 Å². The Labute approximate surface area is 86.7 Å². The Bertz CT molecular complexity index is 307. The van der Waals surface area contributed by atoms with Gasteiger partial charge in [0.1, 0.15) is 5.76 Å². The maximum atomic E-state index is 5.42. The van der Waals surface area contributed by atoms with E-state index in [4.69, 9.17) is 4.52 Å². The van der Waals surface area contributed by atoms with Crippen molar-refractivity contribution in [1.82, 2.24) is 5.16 Å². The minimum atomic E-state index is 0.128. The summed E-state index contributed by atoms with van der Waals surface area (Å²) in [7, 11) is 0. The van der Waals surface area contributed by atoms with Gasteiger partial charge in [0.2, 0.25) is 0 Å². The van der Waals surface area contributed by atoms with Crippen LogP contribution < -0.4 is 0 Å². The molecule has 2 heteroatoms. The zero-order valence-corrected chi connectivity index (χ0v) is 10.1. The molecule has 0 saturated heterocycles. The molecule has 0 aliphatic rings. The maximum Gasteiger partial charge on any atom is 0.143 e. The molecule has 0 aliphatic heterocycles. The van der Waals surface area contributed by atoms with Crippen LogP contribution in [0.2, 0.25) is 0 Å². The van der Waals surface area contributed by atoms with Crippen LogP contribution in [-0.4, -0.2) is 5.16 Å². The Balaban J connectivity index is 3.19. The molecule has 2 nitrogen and oxygen atoms in total. The summed E-state index contributed by atoms with van der Waals surface area (Å²) in [4.78, 5) is 0. The second-order valence-corrected chi connectivity index (χ2v) is 5.07. The third-order valence-electron chi connectivity index (χ3n) is 2.70. The second-order valence-electron chi connectivity index (χ2n) is 5.07. The van der Waals surface area contributed by atoms with Crippen LogP contribution in [0, 0.1) is 6.92 Å². The molecule has 0 amide bonds.